The van der Waals surface area contributed by atoms with Crippen molar-refractivity contribution in [2.45, 2.75) is 25.4 Å². The van der Waals surface area contributed by atoms with Crippen molar-refractivity contribution in [2.75, 3.05) is 24.0 Å². The molecule has 0 rings (SSSR count). The van der Waals surface area contributed by atoms with Gasteiger partial charge in [-0.15, -0.1) is 0 Å². The van der Waals surface area contributed by atoms with Crippen molar-refractivity contribution in [1.82, 2.24) is 5.32 Å². The van der Waals surface area contributed by atoms with E-state index in [0.29, 0.717) is 0 Å². The Bertz CT molecular complexity index is 483. The summed E-state index contributed by atoms with van der Waals surface area (Å²) in [6, 6.07) is -1.52. The molecule has 7 nitrogen and oxygen atoms in total. The molecule has 9 heteroatoms. The molecular weight excluding hydrogens is 280 g/mol. The number of carbonyl (C=O) groups is 1. The van der Waals surface area contributed by atoms with Crippen LogP contribution < -0.4 is 11.1 Å². The minimum absolute atomic E-state index is 0.0102. The van der Waals surface area contributed by atoms with Gasteiger partial charge in [-0.2, -0.15) is 0 Å². The van der Waals surface area contributed by atoms with Crippen LogP contribution in [0.25, 0.3) is 0 Å². The van der Waals surface area contributed by atoms with Crippen LogP contribution in [0.15, 0.2) is 0 Å². The highest BCUT2D eigenvalue weighted by Gasteiger charge is 2.19. The van der Waals surface area contributed by atoms with Gasteiger partial charge in [0.2, 0.25) is 5.91 Å². The van der Waals surface area contributed by atoms with Gasteiger partial charge in [-0.25, -0.2) is 16.8 Å². The lowest BCUT2D eigenvalue weighted by Crippen LogP contribution is -2.47. The minimum Gasteiger partial charge on any atom is -0.351 e. The first-order valence-electron chi connectivity index (χ1n) is 5.32. The Morgan fingerprint density at radius 1 is 1.17 bits per heavy atom. The molecule has 18 heavy (non-hydrogen) atoms. The van der Waals surface area contributed by atoms with E-state index >= 15 is 0 Å². The Morgan fingerprint density at radius 2 is 1.67 bits per heavy atom. The zero-order valence-corrected chi connectivity index (χ0v) is 12.3. The van der Waals surface area contributed by atoms with E-state index in [1.54, 1.807) is 6.92 Å². The maximum Gasteiger partial charge on any atom is 0.237 e. The molecule has 0 saturated carbocycles. The van der Waals surface area contributed by atoms with E-state index in [9.17, 15) is 21.6 Å². The summed E-state index contributed by atoms with van der Waals surface area (Å²) < 4.78 is 43.8. The summed E-state index contributed by atoms with van der Waals surface area (Å²) in [5.41, 5.74) is 5.51. The molecule has 3 N–H and O–H groups in total. The number of hydrogen-bond acceptors (Lipinski definition) is 6. The van der Waals surface area contributed by atoms with Gasteiger partial charge in [0.15, 0.2) is 0 Å². The molecule has 0 radical (unpaired) electrons. The number of rotatable bonds is 7. The molecule has 0 aliphatic rings. The first-order chi connectivity index (χ1) is 7.91. The van der Waals surface area contributed by atoms with Crippen molar-refractivity contribution in [3.8, 4) is 0 Å². The summed E-state index contributed by atoms with van der Waals surface area (Å²) in [7, 11) is -6.35. The summed E-state index contributed by atoms with van der Waals surface area (Å²) in [6.45, 7) is 1.54. The average molecular weight is 300 g/mol. The van der Waals surface area contributed by atoms with Crippen LogP contribution in [0.2, 0.25) is 0 Å². The van der Waals surface area contributed by atoms with Crippen LogP contribution in [0.1, 0.15) is 13.3 Å². The first kappa shape index (κ1) is 17.3. The van der Waals surface area contributed by atoms with Gasteiger partial charge in [0, 0.05) is 18.6 Å². The van der Waals surface area contributed by atoms with Crippen LogP contribution in [0, 0.1) is 0 Å². The normalized spacial score (nSPS) is 16.0. The van der Waals surface area contributed by atoms with Gasteiger partial charge in [0.25, 0.3) is 0 Å². The highest BCUT2D eigenvalue weighted by atomic mass is 32.2. The molecule has 0 fully saturated rings. The van der Waals surface area contributed by atoms with Crippen LogP contribution in [0.3, 0.4) is 0 Å². The van der Waals surface area contributed by atoms with E-state index < -0.39 is 37.7 Å². The van der Waals surface area contributed by atoms with Gasteiger partial charge >= 0.3 is 0 Å². The molecule has 0 spiro atoms. The Balaban J connectivity index is 4.24. The molecule has 0 aromatic rings. The maximum absolute atomic E-state index is 11.5. The van der Waals surface area contributed by atoms with Crippen molar-refractivity contribution >= 4 is 25.6 Å². The molecular formula is C9H20N2O5S2. The maximum atomic E-state index is 11.5. The van der Waals surface area contributed by atoms with Gasteiger partial charge < -0.3 is 11.1 Å². The zero-order chi connectivity index (χ0) is 14.6. The van der Waals surface area contributed by atoms with E-state index in [4.69, 9.17) is 5.73 Å². The third kappa shape index (κ3) is 9.37. The Hall–Kier alpha value is -0.670. The predicted octanol–water partition coefficient (Wildman–Crippen LogP) is -1.70. The second kappa shape index (κ2) is 6.48. The summed E-state index contributed by atoms with van der Waals surface area (Å²) >= 11 is 0. The van der Waals surface area contributed by atoms with Crippen LogP contribution in [0.4, 0.5) is 0 Å². The van der Waals surface area contributed by atoms with Crippen molar-refractivity contribution < 1.29 is 21.6 Å². The van der Waals surface area contributed by atoms with Gasteiger partial charge in [-0.1, -0.05) is 0 Å². The van der Waals surface area contributed by atoms with Gasteiger partial charge in [0.05, 0.1) is 17.5 Å². The van der Waals surface area contributed by atoms with Crippen LogP contribution >= 0.6 is 0 Å². The van der Waals surface area contributed by atoms with E-state index in [2.05, 4.69) is 5.32 Å². The van der Waals surface area contributed by atoms with E-state index in [0.717, 1.165) is 12.5 Å². The molecule has 108 valence electrons. The van der Waals surface area contributed by atoms with E-state index in [1.807, 2.05) is 0 Å². The average Bonchev–Trinajstić information content (AvgIpc) is 2.09. The molecule has 0 aliphatic carbocycles. The fourth-order valence-corrected chi connectivity index (χ4v) is 2.99. The third-order valence-electron chi connectivity index (χ3n) is 2.08. The third-order valence-corrected chi connectivity index (χ3v) is 4.16. The quantitative estimate of drug-likeness (QED) is 0.577. The summed E-state index contributed by atoms with van der Waals surface area (Å²) in [4.78, 5) is 11.5. The molecule has 0 aromatic carbocycles. The molecule has 0 bridgehead atoms. The van der Waals surface area contributed by atoms with Crippen molar-refractivity contribution in [2.24, 2.45) is 5.73 Å². The Morgan fingerprint density at radius 3 is 2.06 bits per heavy atom. The fraction of sp³-hybridized carbons (Fsp3) is 0.889. The van der Waals surface area contributed by atoms with Gasteiger partial charge in [0.1, 0.15) is 19.7 Å². The number of amides is 1. The summed E-state index contributed by atoms with van der Waals surface area (Å²) in [6.07, 6.45) is 2.14. The van der Waals surface area contributed by atoms with Crippen molar-refractivity contribution in [3.05, 3.63) is 0 Å². The van der Waals surface area contributed by atoms with Crippen LogP contribution in [-0.4, -0.2) is 58.8 Å². The molecule has 1 amide bonds. The van der Waals surface area contributed by atoms with E-state index in [-0.39, 0.29) is 17.9 Å². The smallest absolute Gasteiger partial charge is 0.237 e. The summed E-state index contributed by atoms with van der Waals surface area (Å²) in [5, 5.41) is 2.43. The highest BCUT2D eigenvalue weighted by Crippen LogP contribution is 1.96. The van der Waals surface area contributed by atoms with E-state index in [1.165, 1.54) is 0 Å². The molecule has 0 saturated heterocycles. The number of hydrogen-bond donors (Lipinski definition) is 2. The monoisotopic (exact) mass is 300 g/mol. The van der Waals surface area contributed by atoms with Crippen LogP contribution in [-0.2, 0) is 24.5 Å². The Kier molecular flexibility index (Phi) is 6.24. The van der Waals surface area contributed by atoms with Crippen molar-refractivity contribution in [3.63, 3.8) is 0 Å². The lowest BCUT2D eigenvalue weighted by molar-refractivity contribution is -0.122. The highest BCUT2D eigenvalue weighted by molar-refractivity contribution is 7.90. The number of carbonyl (C=O) groups excluding carboxylic acids is 1. The molecule has 2 unspecified atom stereocenters. The van der Waals surface area contributed by atoms with Crippen LogP contribution in [0.5, 0.6) is 0 Å². The summed E-state index contributed by atoms with van der Waals surface area (Å²) in [5.74, 6) is -0.908. The lowest BCUT2D eigenvalue weighted by Gasteiger charge is -2.16. The lowest BCUT2D eigenvalue weighted by atomic mass is 10.2. The molecule has 0 aliphatic heterocycles. The minimum atomic E-state index is -3.18. The van der Waals surface area contributed by atoms with Crippen molar-refractivity contribution in [1.29, 1.82) is 0 Å². The molecule has 2 atom stereocenters. The fourth-order valence-electron chi connectivity index (χ4n) is 1.32. The standard InChI is InChI=1S/C9H20N2O5S2/c1-7(6-18(3,15)16)11-9(12)8(10)4-5-17(2,13)14/h7-8H,4-6,10H2,1-3H3,(H,11,12). The predicted molar refractivity (Wildman–Crippen MR) is 69.6 cm³/mol. The Labute approximate surface area is 108 Å². The second-order valence-electron chi connectivity index (χ2n) is 4.53. The number of nitrogens with two attached hydrogens (primary N) is 1. The zero-order valence-electron chi connectivity index (χ0n) is 10.7. The molecule has 0 aromatic heterocycles. The SMILES string of the molecule is CC(CS(C)(=O)=O)NC(=O)C(N)CCS(C)(=O)=O. The topological polar surface area (TPSA) is 123 Å². The van der Waals surface area contributed by atoms with Gasteiger partial charge in [-0.3, -0.25) is 4.79 Å². The number of sulfone groups is 2. The number of nitrogens with one attached hydrogen (secondary N) is 1. The van der Waals surface area contributed by atoms with Gasteiger partial charge in [-0.05, 0) is 13.3 Å². The second-order valence-corrected chi connectivity index (χ2v) is 8.97. The molecule has 0 heterocycles. The first-order valence-corrected chi connectivity index (χ1v) is 9.44. The largest absolute Gasteiger partial charge is 0.351 e.